The predicted molar refractivity (Wildman–Crippen MR) is 57.8 cm³/mol. The molecular formula is C10H11BrN2. The SMILES string of the molecule is CCc1cn(C)c2nccc(Br)c12. The molecule has 0 spiro atoms. The molecule has 0 aromatic carbocycles. The van der Waals surface area contributed by atoms with Gasteiger partial charge in [0.2, 0.25) is 0 Å². The minimum Gasteiger partial charge on any atom is -0.335 e. The van der Waals surface area contributed by atoms with E-state index in [4.69, 9.17) is 0 Å². The second-order valence-corrected chi connectivity index (χ2v) is 3.96. The van der Waals surface area contributed by atoms with Crippen LogP contribution < -0.4 is 0 Å². The van der Waals surface area contributed by atoms with E-state index in [1.54, 1.807) is 0 Å². The predicted octanol–water partition coefficient (Wildman–Crippen LogP) is 2.90. The van der Waals surface area contributed by atoms with E-state index in [9.17, 15) is 0 Å². The first-order chi connectivity index (χ1) is 6.24. The number of nitrogens with zero attached hydrogens (tertiary/aromatic N) is 2. The first-order valence-electron chi connectivity index (χ1n) is 4.32. The van der Waals surface area contributed by atoms with Crippen LogP contribution in [0.3, 0.4) is 0 Å². The molecular weight excluding hydrogens is 228 g/mol. The summed E-state index contributed by atoms with van der Waals surface area (Å²) in [6, 6.07) is 1.99. The number of hydrogen-bond donors (Lipinski definition) is 0. The van der Waals surface area contributed by atoms with Crippen LogP contribution in [-0.2, 0) is 13.5 Å². The van der Waals surface area contributed by atoms with Gasteiger partial charge in [-0.1, -0.05) is 6.92 Å². The average molecular weight is 239 g/mol. The number of hydrogen-bond acceptors (Lipinski definition) is 1. The normalized spacial score (nSPS) is 11.0. The van der Waals surface area contributed by atoms with Crippen molar-refractivity contribution in [2.75, 3.05) is 0 Å². The van der Waals surface area contributed by atoms with Crippen molar-refractivity contribution in [1.29, 1.82) is 0 Å². The smallest absolute Gasteiger partial charge is 0.140 e. The van der Waals surface area contributed by atoms with Crippen LogP contribution in [-0.4, -0.2) is 9.55 Å². The number of rotatable bonds is 1. The van der Waals surface area contributed by atoms with E-state index in [-0.39, 0.29) is 0 Å². The molecule has 0 aliphatic carbocycles. The Morgan fingerprint density at radius 3 is 3.00 bits per heavy atom. The molecule has 0 saturated carbocycles. The van der Waals surface area contributed by atoms with Gasteiger partial charge in [-0.05, 0) is 34.0 Å². The van der Waals surface area contributed by atoms with E-state index in [1.807, 2.05) is 19.3 Å². The van der Waals surface area contributed by atoms with Crippen LogP contribution in [0.2, 0.25) is 0 Å². The summed E-state index contributed by atoms with van der Waals surface area (Å²) in [7, 11) is 2.03. The number of halogens is 1. The molecule has 2 nitrogen and oxygen atoms in total. The van der Waals surface area contributed by atoms with Crippen molar-refractivity contribution in [3.63, 3.8) is 0 Å². The molecule has 0 radical (unpaired) electrons. The number of aromatic nitrogens is 2. The molecule has 13 heavy (non-hydrogen) atoms. The van der Waals surface area contributed by atoms with Crippen LogP contribution in [0, 0.1) is 0 Å². The van der Waals surface area contributed by atoms with Gasteiger partial charge in [0.15, 0.2) is 0 Å². The fourth-order valence-corrected chi connectivity index (χ4v) is 2.17. The molecule has 0 unspecified atom stereocenters. The number of pyridine rings is 1. The molecule has 0 N–H and O–H groups in total. The number of aryl methyl sites for hydroxylation is 2. The van der Waals surface area contributed by atoms with Crippen molar-refractivity contribution in [1.82, 2.24) is 9.55 Å². The Kier molecular flexibility index (Phi) is 2.12. The van der Waals surface area contributed by atoms with Crippen molar-refractivity contribution in [2.24, 2.45) is 7.05 Å². The summed E-state index contributed by atoms with van der Waals surface area (Å²) >= 11 is 3.55. The lowest BCUT2D eigenvalue weighted by Gasteiger charge is -1.96. The average Bonchev–Trinajstić information content (AvgIpc) is 2.45. The van der Waals surface area contributed by atoms with Crippen molar-refractivity contribution >= 4 is 27.0 Å². The molecule has 2 aromatic rings. The Bertz CT molecular complexity index is 445. The Hall–Kier alpha value is -0.830. The van der Waals surface area contributed by atoms with Gasteiger partial charge in [0.25, 0.3) is 0 Å². The van der Waals surface area contributed by atoms with E-state index in [1.165, 1.54) is 10.9 Å². The second-order valence-electron chi connectivity index (χ2n) is 3.11. The summed E-state index contributed by atoms with van der Waals surface area (Å²) in [6.07, 6.45) is 5.01. The lowest BCUT2D eigenvalue weighted by Crippen LogP contribution is -1.86. The Morgan fingerprint density at radius 1 is 1.54 bits per heavy atom. The first-order valence-corrected chi connectivity index (χ1v) is 5.11. The lowest BCUT2D eigenvalue weighted by atomic mass is 10.2. The zero-order chi connectivity index (χ0) is 9.42. The monoisotopic (exact) mass is 238 g/mol. The highest BCUT2D eigenvalue weighted by molar-refractivity contribution is 9.10. The van der Waals surface area contributed by atoms with Gasteiger partial charge in [-0.3, -0.25) is 0 Å². The maximum atomic E-state index is 4.34. The summed E-state index contributed by atoms with van der Waals surface area (Å²) < 4.78 is 3.20. The molecule has 2 heterocycles. The van der Waals surface area contributed by atoms with E-state index in [0.717, 1.165) is 16.5 Å². The van der Waals surface area contributed by atoms with Crippen molar-refractivity contribution in [2.45, 2.75) is 13.3 Å². The third-order valence-electron chi connectivity index (χ3n) is 2.27. The molecule has 0 fully saturated rings. The maximum absolute atomic E-state index is 4.34. The molecule has 0 aliphatic heterocycles. The zero-order valence-corrected chi connectivity index (χ0v) is 9.30. The van der Waals surface area contributed by atoms with Crippen LogP contribution >= 0.6 is 15.9 Å². The summed E-state index contributed by atoms with van der Waals surface area (Å²) in [5.41, 5.74) is 2.39. The van der Waals surface area contributed by atoms with Gasteiger partial charge in [-0.25, -0.2) is 4.98 Å². The lowest BCUT2D eigenvalue weighted by molar-refractivity contribution is 0.937. The maximum Gasteiger partial charge on any atom is 0.140 e. The Labute approximate surface area is 85.7 Å². The molecule has 2 rings (SSSR count). The standard InChI is InChI=1S/C10H11BrN2/c1-3-7-6-13(2)10-9(7)8(11)4-5-12-10/h4-6H,3H2,1-2H3. The molecule has 68 valence electrons. The van der Waals surface area contributed by atoms with E-state index < -0.39 is 0 Å². The zero-order valence-electron chi connectivity index (χ0n) is 7.71. The molecule has 2 aromatic heterocycles. The molecule has 0 saturated heterocycles. The highest BCUT2D eigenvalue weighted by atomic mass is 79.9. The molecule has 0 aliphatic rings. The number of fused-ring (bicyclic) bond motifs is 1. The van der Waals surface area contributed by atoms with Gasteiger partial charge in [0.05, 0.1) is 0 Å². The highest BCUT2D eigenvalue weighted by Crippen LogP contribution is 2.26. The molecule has 0 atom stereocenters. The highest BCUT2D eigenvalue weighted by Gasteiger charge is 2.08. The largest absolute Gasteiger partial charge is 0.335 e. The molecule has 0 amide bonds. The van der Waals surface area contributed by atoms with Crippen molar-refractivity contribution < 1.29 is 0 Å². The van der Waals surface area contributed by atoms with Gasteiger partial charge < -0.3 is 4.57 Å². The Morgan fingerprint density at radius 2 is 2.31 bits per heavy atom. The van der Waals surface area contributed by atoms with Crippen LogP contribution in [0.15, 0.2) is 22.9 Å². The van der Waals surface area contributed by atoms with Crippen molar-refractivity contribution in [3.05, 3.63) is 28.5 Å². The van der Waals surface area contributed by atoms with Gasteiger partial charge >= 0.3 is 0 Å². The molecule has 0 bridgehead atoms. The van der Waals surface area contributed by atoms with Crippen LogP contribution in [0.25, 0.3) is 11.0 Å². The van der Waals surface area contributed by atoms with E-state index in [2.05, 4.69) is 38.6 Å². The summed E-state index contributed by atoms with van der Waals surface area (Å²) in [5, 5.41) is 1.24. The topological polar surface area (TPSA) is 17.8 Å². The fourth-order valence-electron chi connectivity index (χ4n) is 1.62. The Balaban J connectivity index is 2.89. The van der Waals surface area contributed by atoms with Crippen LogP contribution in [0.4, 0.5) is 0 Å². The van der Waals surface area contributed by atoms with Crippen molar-refractivity contribution in [3.8, 4) is 0 Å². The summed E-state index contributed by atoms with van der Waals surface area (Å²) in [6.45, 7) is 2.16. The van der Waals surface area contributed by atoms with Gasteiger partial charge in [0, 0.05) is 29.3 Å². The van der Waals surface area contributed by atoms with Gasteiger partial charge in [-0.15, -0.1) is 0 Å². The summed E-state index contributed by atoms with van der Waals surface area (Å²) in [4.78, 5) is 4.34. The first kappa shape index (κ1) is 8.75. The van der Waals surface area contributed by atoms with E-state index in [0.29, 0.717) is 0 Å². The fraction of sp³-hybridized carbons (Fsp3) is 0.300. The van der Waals surface area contributed by atoms with Crippen LogP contribution in [0.1, 0.15) is 12.5 Å². The quantitative estimate of drug-likeness (QED) is 0.748. The molecule has 3 heteroatoms. The van der Waals surface area contributed by atoms with E-state index >= 15 is 0 Å². The van der Waals surface area contributed by atoms with Gasteiger partial charge in [0.1, 0.15) is 5.65 Å². The van der Waals surface area contributed by atoms with Gasteiger partial charge in [-0.2, -0.15) is 0 Å². The minimum atomic E-state index is 1.04. The minimum absolute atomic E-state index is 1.04. The summed E-state index contributed by atoms with van der Waals surface area (Å²) in [5.74, 6) is 0. The third kappa shape index (κ3) is 1.27. The third-order valence-corrected chi connectivity index (χ3v) is 2.93. The van der Waals surface area contributed by atoms with Crippen LogP contribution in [0.5, 0.6) is 0 Å². The second kappa shape index (κ2) is 3.14.